The van der Waals surface area contributed by atoms with Crippen LogP contribution in [-0.4, -0.2) is 11.7 Å². The van der Waals surface area contributed by atoms with Gasteiger partial charge >= 0.3 is 6.09 Å². The maximum Gasteiger partial charge on any atom is 0.412 e. The van der Waals surface area contributed by atoms with Crippen molar-refractivity contribution in [2.24, 2.45) is 0 Å². The molecular formula is C18H18BrNO2S. The second kappa shape index (κ2) is 6.21. The zero-order valence-electron chi connectivity index (χ0n) is 13.3. The smallest absolute Gasteiger partial charge is 0.412 e. The molecule has 0 saturated carbocycles. The minimum absolute atomic E-state index is 0.427. The summed E-state index contributed by atoms with van der Waals surface area (Å²) in [5.41, 5.74) is 2.77. The number of ether oxygens (including phenoxy) is 1. The normalized spacial score (nSPS) is 13.0. The van der Waals surface area contributed by atoms with Crippen LogP contribution in [0.1, 0.15) is 31.9 Å². The van der Waals surface area contributed by atoms with Crippen molar-refractivity contribution in [3.05, 3.63) is 52.0 Å². The summed E-state index contributed by atoms with van der Waals surface area (Å²) in [5, 5.41) is 2.80. The molecule has 23 heavy (non-hydrogen) atoms. The lowest BCUT2D eigenvalue weighted by Crippen LogP contribution is -2.27. The molecule has 0 bridgehead atoms. The highest BCUT2D eigenvalue weighted by atomic mass is 79.9. The first kappa shape index (κ1) is 16.4. The number of carbonyl (C=O) groups excluding carboxylic acids is 1. The average molecular weight is 392 g/mol. The van der Waals surface area contributed by atoms with E-state index in [1.807, 2.05) is 32.9 Å². The number of rotatable bonds is 1. The van der Waals surface area contributed by atoms with Gasteiger partial charge in [0.1, 0.15) is 5.60 Å². The van der Waals surface area contributed by atoms with E-state index in [0.29, 0.717) is 0 Å². The molecule has 0 unspecified atom stereocenters. The van der Waals surface area contributed by atoms with E-state index in [-0.39, 0.29) is 0 Å². The molecule has 5 heteroatoms. The third-order valence-corrected chi connectivity index (χ3v) is 5.57. The number of carbonyl (C=O) groups is 1. The fourth-order valence-electron chi connectivity index (χ4n) is 2.44. The Morgan fingerprint density at radius 3 is 2.74 bits per heavy atom. The van der Waals surface area contributed by atoms with Crippen molar-refractivity contribution in [2.45, 2.75) is 42.6 Å². The topological polar surface area (TPSA) is 38.3 Å². The second-order valence-corrected chi connectivity index (χ2v) is 8.36. The van der Waals surface area contributed by atoms with Crippen LogP contribution in [0.2, 0.25) is 0 Å². The van der Waals surface area contributed by atoms with E-state index in [2.05, 4.69) is 45.5 Å². The first-order valence-corrected chi connectivity index (χ1v) is 9.01. The molecule has 2 aromatic rings. The van der Waals surface area contributed by atoms with Crippen LogP contribution in [0.4, 0.5) is 10.5 Å². The summed E-state index contributed by atoms with van der Waals surface area (Å²) in [7, 11) is 0. The highest BCUT2D eigenvalue weighted by Gasteiger charge is 2.20. The van der Waals surface area contributed by atoms with Crippen LogP contribution in [0.3, 0.4) is 0 Å². The Kier molecular flexibility index (Phi) is 4.43. The SMILES string of the molecule is CC(C)(C)OC(=O)Nc1ccc2c(c1)Cc1cccc(Br)c1S2. The molecule has 0 aliphatic carbocycles. The Balaban J connectivity index is 1.80. The van der Waals surface area contributed by atoms with Gasteiger partial charge in [-0.05, 0) is 78.5 Å². The van der Waals surface area contributed by atoms with Gasteiger partial charge in [-0.1, -0.05) is 23.9 Å². The van der Waals surface area contributed by atoms with E-state index in [9.17, 15) is 4.79 Å². The van der Waals surface area contributed by atoms with Gasteiger partial charge in [-0.25, -0.2) is 4.79 Å². The molecular weight excluding hydrogens is 374 g/mol. The molecule has 1 aliphatic rings. The van der Waals surface area contributed by atoms with E-state index in [1.54, 1.807) is 11.8 Å². The number of benzene rings is 2. The van der Waals surface area contributed by atoms with Gasteiger partial charge in [0.25, 0.3) is 0 Å². The van der Waals surface area contributed by atoms with Gasteiger partial charge in [0.15, 0.2) is 0 Å². The van der Waals surface area contributed by atoms with Crippen LogP contribution >= 0.6 is 27.7 Å². The molecule has 0 aromatic heterocycles. The molecule has 0 radical (unpaired) electrons. The molecule has 120 valence electrons. The molecule has 1 heterocycles. The lowest BCUT2D eigenvalue weighted by atomic mass is 10.0. The average Bonchev–Trinajstić information content (AvgIpc) is 2.44. The van der Waals surface area contributed by atoms with Gasteiger partial charge < -0.3 is 4.74 Å². The predicted octanol–water partition coefficient (Wildman–Crippen LogP) is 5.85. The minimum atomic E-state index is -0.501. The van der Waals surface area contributed by atoms with Crippen LogP contribution in [0, 0.1) is 0 Å². The summed E-state index contributed by atoms with van der Waals surface area (Å²) in [6, 6.07) is 12.2. The van der Waals surface area contributed by atoms with Gasteiger partial charge in [0.2, 0.25) is 0 Å². The zero-order valence-corrected chi connectivity index (χ0v) is 15.7. The lowest BCUT2D eigenvalue weighted by Gasteiger charge is -2.22. The van der Waals surface area contributed by atoms with Crippen molar-refractivity contribution in [2.75, 3.05) is 5.32 Å². The standard InChI is InChI=1S/C18H18BrNO2S/c1-18(2,3)22-17(21)20-13-7-8-15-12(10-13)9-11-5-4-6-14(19)16(11)23-15/h4-8,10H,9H2,1-3H3,(H,20,21). The van der Waals surface area contributed by atoms with Gasteiger partial charge in [0.05, 0.1) is 0 Å². The fourth-order valence-corrected chi connectivity index (χ4v) is 4.14. The first-order chi connectivity index (χ1) is 10.8. The van der Waals surface area contributed by atoms with Crippen molar-refractivity contribution < 1.29 is 9.53 Å². The van der Waals surface area contributed by atoms with Crippen molar-refractivity contribution in [1.29, 1.82) is 0 Å². The number of fused-ring (bicyclic) bond motifs is 2. The van der Waals surface area contributed by atoms with Crippen LogP contribution in [0.5, 0.6) is 0 Å². The van der Waals surface area contributed by atoms with E-state index < -0.39 is 11.7 Å². The molecule has 0 spiro atoms. The monoisotopic (exact) mass is 391 g/mol. The zero-order chi connectivity index (χ0) is 16.6. The summed E-state index contributed by atoms with van der Waals surface area (Å²) in [4.78, 5) is 14.4. The number of nitrogens with one attached hydrogen (secondary N) is 1. The van der Waals surface area contributed by atoms with Crippen molar-refractivity contribution in [1.82, 2.24) is 0 Å². The van der Waals surface area contributed by atoms with E-state index in [1.165, 1.54) is 20.9 Å². The lowest BCUT2D eigenvalue weighted by molar-refractivity contribution is 0.0636. The van der Waals surface area contributed by atoms with E-state index in [0.717, 1.165) is 16.6 Å². The number of anilines is 1. The Morgan fingerprint density at radius 2 is 2.00 bits per heavy atom. The van der Waals surface area contributed by atoms with Crippen LogP contribution in [0.25, 0.3) is 0 Å². The van der Waals surface area contributed by atoms with E-state index in [4.69, 9.17) is 4.74 Å². The number of hydrogen-bond acceptors (Lipinski definition) is 3. The molecule has 2 aromatic carbocycles. The van der Waals surface area contributed by atoms with Crippen molar-refractivity contribution in [3.63, 3.8) is 0 Å². The van der Waals surface area contributed by atoms with E-state index >= 15 is 0 Å². The Hall–Kier alpha value is -1.46. The first-order valence-electron chi connectivity index (χ1n) is 7.40. The summed E-state index contributed by atoms with van der Waals surface area (Å²) in [6.45, 7) is 5.56. The Labute approximate surface area is 148 Å². The highest BCUT2D eigenvalue weighted by Crippen LogP contribution is 2.43. The maximum atomic E-state index is 11.9. The Bertz CT molecular complexity index is 768. The molecule has 1 aliphatic heterocycles. The van der Waals surface area contributed by atoms with Gasteiger partial charge in [-0.15, -0.1) is 0 Å². The largest absolute Gasteiger partial charge is 0.444 e. The predicted molar refractivity (Wildman–Crippen MR) is 97.4 cm³/mol. The summed E-state index contributed by atoms with van der Waals surface area (Å²) >= 11 is 5.37. The molecule has 0 fully saturated rings. The molecule has 3 rings (SSSR count). The number of hydrogen-bond donors (Lipinski definition) is 1. The molecule has 3 nitrogen and oxygen atoms in total. The molecule has 1 N–H and O–H groups in total. The number of amides is 1. The summed E-state index contributed by atoms with van der Waals surface area (Å²) in [5.74, 6) is 0. The van der Waals surface area contributed by atoms with Gasteiger partial charge in [-0.2, -0.15) is 0 Å². The third-order valence-electron chi connectivity index (χ3n) is 3.35. The molecule has 0 atom stereocenters. The van der Waals surface area contributed by atoms with Crippen LogP contribution in [-0.2, 0) is 11.2 Å². The fraction of sp³-hybridized carbons (Fsp3) is 0.278. The van der Waals surface area contributed by atoms with Gasteiger partial charge in [-0.3, -0.25) is 5.32 Å². The van der Waals surface area contributed by atoms with Crippen LogP contribution in [0.15, 0.2) is 50.7 Å². The molecule has 0 saturated heterocycles. The number of halogens is 1. The maximum absolute atomic E-state index is 11.9. The highest BCUT2D eigenvalue weighted by molar-refractivity contribution is 9.10. The van der Waals surface area contributed by atoms with Crippen LogP contribution < -0.4 is 5.32 Å². The summed E-state index contributed by atoms with van der Waals surface area (Å²) < 4.78 is 6.42. The minimum Gasteiger partial charge on any atom is -0.444 e. The molecule has 1 amide bonds. The quantitative estimate of drug-likeness (QED) is 0.565. The summed E-state index contributed by atoms with van der Waals surface area (Å²) in [6.07, 6.45) is 0.435. The van der Waals surface area contributed by atoms with Crippen molar-refractivity contribution >= 4 is 39.5 Å². The van der Waals surface area contributed by atoms with Gasteiger partial charge in [0, 0.05) is 20.0 Å². The Morgan fingerprint density at radius 1 is 1.22 bits per heavy atom. The van der Waals surface area contributed by atoms with Crippen molar-refractivity contribution in [3.8, 4) is 0 Å². The second-order valence-electron chi connectivity index (χ2n) is 6.46. The third kappa shape index (κ3) is 3.90.